The van der Waals surface area contributed by atoms with Crippen LogP contribution in [0.1, 0.15) is 12.8 Å². The summed E-state index contributed by atoms with van der Waals surface area (Å²) in [5, 5.41) is 8.39. The second-order valence-corrected chi connectivity index (χ2v) is 2.54. The van der Waals surface area contributed by atoms with E-state index in [1.807, 2.05) is 0 Å². The molecule has 0 aromatic heterocycles. The van der Waals surface area contributed by atoms with Gasteiger partial charge in [0.15, 0.2) is 0 Å². The van der Waals surface area contributed by atoms with Gasteiger partial charge in [-0.2, -0.15) is 0 Å². The zero-order valence-electron chi connectivity index (χ0n) is 6.23. The quantitative estimate of drug-likeness (QED) is 0.561. The van der Waals surface area contributed by atoms with E-state index in [0.717, 1.165) is 12.8 Å². The van der Waals surface area contributed by atoms with Crippen LogP contribution in [0.15, 0.2) is 0 Å². The van der Waals surface area contributed by atoms with Crippen LogP contribution in [0.3, 0.4) is 0 Å². The molecule has 0 spiro atoms. The van der Waals surface area contributed by atoms with Gasteiger partial charge in [-0.25, -0.2) is 0 Å². The third kappa shape index (κ3) is 2.48. The highest BCUT2D eigenvalue weighted by Crippen LogP contribution is 2.25. The van der Waals surface area contributed by atoms with Gasteiger partial charge in [0.25, 0.3) is 6.47 Å². The molecule has 0 saturated heterocycles. The van der Waals surface area contributed by atoms with Crippen LogP contribution in [0.4, 0.5) is 0 Å². The third-order valence-electron chi connectivity index (χ3n) is 1.74. The van der Waals surface area contributed by atoms with Crippen LogP contribution in [0.25, 0.3) is 0 Å². The molecule has 4 nitrogen and oxygen atoms in total. The van der Waals surface area contributed by atoms with Crippen molar-refractivity contribution in [2.45, 2.75) is 25.0 Å². The molecule has 1 rings (SSSR count). The number of rotatable bonds is 5. The Morgan fingerprint density at radius 2 is 2.18 bits per heavy atom. The van der Waals surface area contributed by atoms with Crippen LogP contribution in [0.2, 0.25) is 0 Å². The predicted molar refractivity (Wildman–Crippen MR) is 37.0 cm³/mol. The van der Waals surface area contributed by atoms with E-state index < -0.39 is 0 Å². The highest BCUT2D eigenvalue weighted by molar-refractivity contribution is 5.37. The lowest BCUT2D eigenvalue weighted by atomic mass is 9.92. The number of hydrogen-bond donors (Lipinski definition) is 1. The van der Waals surface area contributed by atoms with Gasteiger partial charge in [0.05, 0.1) is 19.3 Å². The van der Waals surface area contributed by atoms with Crippen LogP contribution in [-0.4, -0.2) is 37.0 Å². The fourth-order valence-electron chi connectivity index (χ4n) is 1.06. The van der Waals surface area contributed by atoms with Crippen molar-refractivity contribution in [3.8, 4) is 0 Å². The number of carbonyl (C=O) groups excluding carboxylic acids is 1. The number of aliphatic hydroxyl groups excluding tert-OH is 1. The standard InChI is InChI=1S/C7H12O4/c8-1-2-10-6-3-7(4-6)11-5-9/h5-8H,1-4H2. The Hall–Kier alpha value is -0.610. The average molecular weight is 160 g/mol. The maximum Gasteiger partial charge on any atom is 0.293 e. The molecule has 11 heavy (non-hydrogen) atoms. The Balaban J connectivity index is 1.95. The summed E-state index contributed by atoms with van der Waals surface area (Å²) in [4.78, 5) is 9.83. The van der Waals surface area contributed by atoms with Crippen LogP contribution < -0.4 is 0 Å². The molecular formula is C7H12O4. The van der Waals surface area contributed by atoms with Crippen molar-refractivity contribution in [3.63, 3.8) is 0 Å². The minimum Gasteiger partial charge on any atom is -0.464 e. The van der Waals surface area contributed by atoms with Gasteiger partial charge in [0.1, 0.15) is 6.10 Å². The van der Waals surface area contributed by atoms with Crippen molar-refractivity contribution >= 4 is 6.47 Å². The summed E-state index contributed by atoms with van der Waals surface area (Å²) < 4.78 is 9.82. The smallest absolute Gasteiger partial charge is 0.293 e. The fourth-order valence-corrected chi connectivity index (χ4v) is 1.06. The molecule has 0 aliphatic heterocycles. The van der Waals surface area contributed by atoms with Crippen molar-refractivity contribution in [3.05, 3.63) is 0 Å². The summed E-state index contributed by atoms with van der Waals surface area (Å²) in [6.07, 6.45) is 1.74. The molecule has 64 valence electrons. The normalized spacial score (nSPS) is 29.2. The molecule has 0 radical (unpaired) electrons. The average Bonchev–Trinajstić information content (AvgIpc) is 1.94. The van der Waals surface area contributed by atoms with E-state index in [2.05, 4.69) is 4.74 Å². The fraction of sp³-hybridized carbons (Fsp3) is 0.857. The molecule has 1 N–H and O–H groups in total. The summed E-state index contributed by atoms with van der Waals surface area (Å²) in [5.41, 5.74) is 0. The van der Waals surface area contributed by atoms with Gasteiger partial charge in [-0.3, -0.25) is 4.79 Å². The van der Waals surface area contributed by atoms with Crippen molar-refractivity contribution < 1.29 is 19.4 Å². The molecule has 1 aliphatic carbocycles. The first-order valence-corrected chi connectivity index (χ1v) is 3.68. The summed E-state index contributed by atoms with van der Waals surface area (Å²) in [7, 11) is 0. The maximum absolute atomic E-state index is 9.83. The summed E-state index contributed by atoms with van der Waals surface area (Å²) in [5.74, 6) is 0. The molecular weight excluding hydrogens is 148 g/mol. The first-order valence-electron chi connectivity index (χ1n) is 3.68. The molecule has 0 bridgehead atoms. The number of hydrogen-bond acceptors (Lipinski definition) is 4. The Bertz CT molecular complexity index is 120. The largest absolute Gasteiger partial charge is 0.464 e. The van der Waals surface area contributed by atoms with E-state index in [0.29, 0.717) is 13.1 Å². The molecule has 0 aromatic carbocycles. The van der Waals surface area contributed by atoms with Gasteiger partial charge in [-0.15, -0.1) is 0 Å². The highest BCUT2D eigenvalue weighted by Gasteiger charge is 2.30. The van der Waals surface area contributed by atoms with E-state index in [1.54, 1.807) is 0 Å². The van der Waals surface area contributed by atoms with E-state index in [4.69, 9.17) is 9.84 Å². The van der Waals surface area contributed by atoms with Gasteiger partial charge >= 0.3 is 0 Å². The highest BCUT2D eigenvalue weighted by atomic mass is 16.5. The summed E-state index contributed by atoms with van der Waals surface area (Å²) in [6, 6.07) is 0. The van der Waals surface area contributed by atoms with E-state index in [9.17, 15) is 4.79 Å². The second-order valence-electron chi connectivity index (χ2n) is 2.54. The minimum atomic E-state index is 0.0381. The zero-order chi connectivity index (χ0) is 8.10. The van der Waals surface area contributed by atoms with Crippen LogP contribution in [0.5, 0.6) is 0 Å². The Labute approximate surface area is 65.1 Å². The van der Waals surface area contributed by atoms with Gasteiger partial charge in [0, 0.05) is 12.8 Å². The Kier molecular flexibility index (Phi) is 3.32. The van der Waals surface area contributed by atoms with E-state index >= 15 is 0 Å². The van der Waals surface area contributed by atoms with E-state index in [1.165, 1.54) is 0 Å². The number of carbonyl (C=O) groups is 1. The zero-order valence-corrected chi connectivity index (χ0v) is 6.23. The van der Waals surface area contributed by atoms with Gasteiger partial charge < -0.3 is 14.6 Å². The first kappa shape index (κ1) is 8.49. The molecule has 1 fully saturated rings. The summed E-state index contributed by atoms with van der Waals surface area (Å²) >= 11 is 0. The van der Waals surface area contributed by atoms with Crippen molar-refractivity contribution in [2.24, 2.45) is 0 Å². The molecule has 0 heterocycles. The monoisotopic (exact) mass is 160 g/mol. The first-order chi connectivity index (χ1) is 5.36. The second kappa shape index (κ2) is 4.31. The lowest BCUT2D eigenvalue weighted by molar-refractivity contribution is -0.147. The van der Waals surface area contributed by atoms with Gasteiger partial charge in [-0.05, 0) is 0 Å². The van der Waals surface area contributed by atoms with Crippen molar-refractivity contribution in [1.82, 2.24) is 0 Å². The van der Waals surface area contributed by atoms with E-state index in [-0.39, 0.29) is 18.8 Å². The molecule has 1 saturated carbocycles. The number of aliphatic hydroxyl groups is 1. The van der Waals surface area contributed by atoms with Gasteiger partial charge in [0.2, 0.25) is 0 Å². The lowest BCUT2D eigenvalue weighted by Gasteiger charge is -2.33. The molecule has 0 atom stereocenters. The summed E-state index contributed by atoms with van der Waals surface area (Å²) in [6.45, 7) is 0.890. The molecule has 1 aliphatic rings. The minimum absolute atomic E-state index is 0.0381. The molecule has 0 amide bonds. The molecule has 0 aromatic rings. The maximum atomic E-state index is 9.83. The Morgan fingerprint density at radius 1 is 1.45 bits per heavy atom. The lowest BCUT2D eigenvalue weighted by Crippen LogP contribution is -2.37. The van der Waals surface area contributed by atoms with Crippen molar-refractivity contribution in [2.75, 3.05) is 13.2 Å². The SMILES string of the molecule is O=COC1CC(OCCO)C1. The van der Waals surface area contributed by atoms with Crippen LogP contribution >= 0.6 is 0 Å². The Morgan fingerprint density at radius 3 is 2.73 bits per heavy atom. The topological polar surface area (TPSA) is 55.8 Å². The third-order valence-corrected chi connectivity index (χ3v) is 1.74. The number of ether oxygens (including phenoxy) is 2. The molecule has 4 heteroatoms. The van der Waals surface area contributed by atoms with Gasteiger partial charge in [-0.1, -0.05) is 0 Å². The van der Waals surface area contributed by atoms with Crippen LogP contribution in [0, 0.1) is 0 Å². The predicted octanol–water partition coefficient (Wildman–Crippen LogP) is -0.301. The van der Waals surface area contributed by atoms with Crippen molar-refractivity contribution in [1.29, 1.82) is 0 Å². The molecule has 0 unspecified atom stereocenters. The van der Waals surface area contributed by atoms with Crippen LogP contribution in [-0.2, 0) is 14.3 Å².